The molecule has 2 aromatic rings. The van der Waals surface area contributed by atoms with E-state index >= 15 is 0 Å². The van der Waals surface area contributed by atoms with E-state index in [0.29, 0.717) is 0 Å². The fourth-order valence-electron chi connectivity index (χ4n) is 1.60. The molecule has 0 amide bonds. The average molecular weight is 180 g/mol. The van der Waals surface area contributed by atoms with Crippen LogP contribution in [0.15, 0.2) is 42.5 Å². The van der Waals surface area contributed by atoms with Crippen LogP contribution in [0.4, 0.5) is 0 Å². The maximum absolute atomic E-state index is 2.20. The zero-order valence-electron chi connectivity index (χ0n) is 7.25. The van der Waals surface area contributed by atoms with Gasteiger partial charge < -0.3 is 0 Å². The summed E-state index contributed by atoms with van der Waals surface area (Å²) in [6.45, 7) is 2.20. The second-order valence-electron chi connectivity index (χ2n) is 2.99. The van der Waals surface area contributed by atoms with Gasteiger partial charge in [0.05, 0.1) is 0 Å². The Hall–Kier alpha value is -0.300. The van der Waals surface area contributed by atoms with Gasteiger partial charge in [-0.1, -0.05) is 49.4 Å². The summed E-state index contributed by atoms with van der Waals surface area (Å²) in [5.41, 5.74) is 1.44. The van der Waals surface area contributed by atoms with Crippen LogP contribution in [0.2, 0.25) is 0 Å². The monoisotopic (exact) mass is 180 g/mol. The van der Waals surface area contributed by atoms with E-state index in [2.05, 4.69) is 49.4 Å². The van der Waals surface area contributed by atoms with Gasteiger partial charge in [-0.3, -0.25) is 0 Å². The molecule has 0 N–H and O–H groups in total. The molecule has 0 bridgehead atoms. The van der Waals surface area contributed by atoms with Crippen LogP contribution in [-0.4, -0.2) is 29.6 Å². The van der Waals surface area contributed by atoms with Crippen LogP contribution >= 0.6 is 0 Å². The fourth-order valence-corrected chi connectivity index (χ4v) is 1.60. The summed E-state index contributed by atoms with van der Waals surface area (Å²) in [7, 11) is 0. The predicted octanol–water partition coefficient (Wildman–Crippen LogP) is 2.75. The first-order valence-corrected chi connectivity index (χ1v) is 4.38. The first-order chi connectivity index (χ1) is 5.92. The quantitative estimate of drug-likeness (QED) is 0.592. The van der Waals surface area contributed by atoms with Crippen LogP contribution in [0.3, 0.4) is 0 Å². The molecule has 0 radical (unpaired) electrons. The third kappa shape index (κ3) is 2.14. The molecule has 0 fully saturated rings. The van der Waals surface area contributed by atoms with E-state index in [0.717, 1.165) is 6.42 Å². The number of rotatable bonds is 1. The van der Waals surface area contributed by atoms with Gasteiger partial charge in [0.25, 0.3) is 0 Å². The van der Waals surface area contributed by atoms with Crippen molar-refractivity contribution in [3.63, 3.8) is 0 Å². The van der Waals surface area contributed by atoms with Crippen LogP contribution < -0.4 is 0 Å². The molecule has 0 unspecified atom stereocenters. The van der Waals surface area contributed by atoms with Gasteiger partial charge in [0.15, 0.2) is 0 Å². The number of fused-ring (bicyclic) bond motifs is 1. The summed E-state index contributed by atoms with van der Waals surface area (Å²) in [6, 6.07) is 15.0. The zero-order valence-corrected chi connectivity index (χ0v) is 7.25. The van der Waals surface area contributed by atoms with E-state index in [1.807, 2.05) is 0 Å². The summed E-state index contributed by atoms with van der Waals surface area (Å²) in [6.07, 6.45) is 1.11. The number of aryl methyl sites for hydroxylation is 1. The zero-order chi connectivity index (χ0) is 8.39. The standard InChI is InChI=1S/C12H12.Na.H/c1-2-10-7-5-8-11-6-3-4-9-12(10)11;;/h3-9H,2H2,1H3;;. The van der Waals surface area contributed by atoms with Crippen molar-refractivity contribution in [1.82, 2.24) is 0 Å². The first-order valence-electron chi connectivity index (χ1n) is 4.38. The Balaban J connectivity index is 0.000000845. The second kappa shape index (κ2) is 4.80. The average Bonchev–Trinajstić information content (AvgIpc) is 2.17. The van der Waals surface area contributed by atoms with Crippen LogP contribution in [0.25, 0.3) is 10.8 Å². The van der Waals surface area contributed by atoms with Gasteiger partial charge in [0.1, 0.15) is 0 Å². The van der Waals surface area contributed by atoms with Gasteiger partial charge in [0.2, 0.25) is 0 Å². The minimum absolute atomic E-state index is 0. The first kappa shape index (κ1) is 10.8. The molecular formula is C12H13Na. The Morgan fingerprint density at radius 2 is 1.62 bits per heavy atom. The summed E-state index contributed by atoms with van der Waals surface area (Å²) < 4.78 is 0. The van der Waals surface area contributed by atoms with E-state index < -0.39 is 0 Å². The van der Waals surface area contributed by atoms with Gasteiger partial charge >= 0.3 is 29.6 Å². The molecule has 0 aliphatic carbocycles. The summed E-state index contributed by atoms with van der Waals surface area (Å²) in [5.74, 6) is 0. The molecule has 0 aliphatic rings. The van der Waals surface area contributed by atoms with Crippen LogP contribution in [0, 0.1) is 0 Å². The number of benzene rings is 2. The molecular weight excluding hydrogens is 167 g/mol. The number of hydrogen-bond acceptors (Lipinski definition) is 0. The Bertz CT molecular complexity index is 388. The summed E-state index contributed by atoms with van der Waals surface area (Å²) in [5, 5.41) is 2.74. The minimum atomic E-state index is 0. The predicted molar refractivity (Wildman–Crippen MR) is 60.5 cm³/mol. The Morgan fingerprint density at radius 1 is 0.923 bits per heavy atom. The molecule has 0 spiro atoms. The van der Waals surface area contributed by atoms with Crippen LogP contribution in [0.5, 0.6) is 0 Å². The molecule has 62 valence electrons. The summed E-state index contributed by atoms with van der Waals surface area (Å²) in [4.78, 5) is 0. The van der Waals surface area contributed by atoms with Crippen molar-refractivity contribution in [1.29, 1.82) is 0 Å². The van der Waals surface area contributed by atoms with E-state index in [4.69, 9.17) is 0 Å². The Labute approximate surface area is 101 Å². The molecule has 0 saturated carbocycles. The van der Waals surface area contributed by atoms with Crippen molar-refractivity contribution in [2.24, 2.45) is 0 Å². The molecule has 0 aromatic heterocycles. The molecule has 0 atom stereocenters. The Morgan fingerprint density at radius 3 is 2.38 bits per heavy atom. The molecule has 2 aromatic carbocycles. The van der Waals surface area contributed by atoms with Gasteiger partial charge in [-0.15, -0.1) is 0 Å². The molecule has 0 heterocycles. The molecule has 1 heteroatoms. The van der Waals surface area contributed by atoms with Gasteiger partial charge in [-0.05, 0) is 22.8 Å². The van der Waals surface area contributed by atoms with Crippen molar-refractivity contribution >= 4 is 40.3 Å². The normalized spacial score (nSPS) is 9.62. The molecule has 0 nitrogen and oxygen atoms in total. The second-order valence-corrected chi connectivity index (χ2v) is 2.99. The van der Waals surface area contributed by atoms with Crippen LogP contribution in [0.1, 0.15) is 12.5 Å². The topological polar surface area (TPSA) is 0 Å². The van der Waals surface area contributed by atoms with Crippen molar-refractivity contribution in [3.8, 4) is 0 Å². The van der Waals surface area contributed by atoms with Crippen molar-refractivity contribution in [2.45, 2.75) is 13.3 Å². The Kier molecular flexibility index (Phi) is 3.98. The van der Waals surface area contributed by atoms with Gasteiger partial charge in [0, 0.05) is 0 Å². The van der Waals surface area contributed by atoms with Gasteiger partial charge in [-0.2, -0.15) is 0 Å². The maximum atomic E-state index is 2.20. The summed E-state index contributed by atoms with van der Waals surface area (Å²) >= 11 is 0. The third-order valence-electron chi connectivity index (χ3n) is 2.26. The third-order valence-corrected chi connectivity index (χ3v) is 2.26. The van der Waals surface area contributed by atoms with E-state index in [1.165, 1.54) is 16.3 Å². The van der Waals surface area contributed by atoms with E-state index in [1.54, 1.807) is 0 Å². The van der Waals surface area contributed by atoms with E-state index in [-0.39, 0.29) is 29.6 Å². The molecule has 2 rings (SSSR count). The van der Waals surface area contributed by atoms with Crippen molar-refractivity contribution in [3.05, 3.63) is 48.0 Å². The van der Waals surface area contributed by atoms with E-state index in [9.17, 15) is 0 Å². The van der Waals surface area contributed by atoms with Crippen molar-refractivity contribution in [2.75, 3.05) is 0 Å². The molecule has 0 saturated heterocycles. The number of hydrogen-bond donors (Lipinski definition) is 0. The van der Waals surface area contributed by atoms with Crippen molar-refractivity contribution < 1.29 is 0 Å². The molecule has 0 aliphatic heterocycles. The molecule has 13 heavy (non-hydrogen) atoms. The van der Waals surface area contributed by atoms with Crippen LogP contribution in [-0.2, 0) is 6.42 Å². The fraction of sp³-hybridized carbons (Fsp3) is 0.167. The SMILES string of the molecule is CCc1cccc2ccccc12.[NaH]. The van der Waals surface area contributed by atoms with Gasteiger partial charge in [-0.25, -0.2) is 0 Å².